The van der Waals surface area contributed by atoms with Crippen LogP contribution in [0, 0.1) is 0 Å². The van der Waals surface area contributed by atoms with E-state index < -0.39 is 17.9 Å². The summed E-state index contributed by atoms with van der Waals surface area (Å²) in [5.74, 6) is -1.22. The molecule has 3 amide bonds. The average molecular weight is 539 g/mol. The highest BCUT2D eigenvalue weighted by Gasteiger charge is 2.45. The van der Waals surface area contributed by atoms with E-state index >= 15 is 0 Å². The molecule has 3 aromatic rings. The average Bonchev–Trinajstić information content (AvgIpc) is 2.99. The van der Waals surface area contributed by atoms with Crippen LogP contribution >= 0.6 is 0 Å². The minimum Gasteiger partial charge on any atom is -0.483 e. The van der Waals surface area contributed by atoms with Crippen LogP contribution in [0.1, 0.15) is 71.1 Å². The Morgan fingerprint density at radius 3 is 2.58 bits per heavy atom. The highest BCUT2D eigenvalue weighted by Crippen LogP contribution is 2.46. The van der Waals surface area contributed by atoms with Crippen molar-refractivity contribution in [1.29, 1.82) is 0 Å². The quantitative estimate of drug-likeness (QED) is 0.371. The lowest BCUT2D eigenvalue weighted by atomic mass is 9.78. The van der Waals surface area contributed by atoms with E-state index in [1.54, 1.807) is 35.5 Å². The predicted octanol–water partition coefficient (Wildman–Crippen LogP) is 4.43. The van der Waals surface area contributed by atoms with Gasteiger partial charge in [0.1, 0.15) is 5.75 Å². The lowest BCUT2D eigenvalue weighted by Gasteiger charge is -2.42. The summed E-state index contributed by atoms with van der Waals surface area (Å²) in [4.78, 5) is 45.6. The van der Waals surface area contributed by atoms with Crippen molar-refractivity contribution in [3.8, 4) is 5.75 Å². The minimum atomic E-state index is -0.704. The lowest BCUT2D eigenvalue weighted by Crippen LogP contribution is -2.47. The van der Waals surface area contributed by atoms with Gasteiger partial charge in [0, 0.05) is 36.6 Å². The van der Waals surface area contributed by atoms with Crippen molar-refractivity contribution in [2.45, 2.75) is 50.6 Å². The van der Waals surface area contributed by atoms with Crippen LogP contribution in [-0.4, -0.2) is 40.8 Å². The Morgan fingerprint density at radius 2 is 1.82 bits per heavy atom. The van der Waals surface area contributed by atoms with Gasteiger partial charge in [0.05, 0.1) is 12.0 Å². The fourth-order valence-electron chi connectivity index (χ4n) is 5.67. The molecular weight excluding hydrogens is 504 g/mol. The molecule has 0 unspecified atom stereocenters. The number of carbonyl (C=O) groups is 3. The summed E-state index contributed by atoms with van der Waals surface area (Å²) < 4.78 is 5.81. The Labute approximate surface area is 234 Å². The van der Waals surface area contributed by atoms with Crippen LogP contribution < -0.4 is 15.8 Å². The number of fused-ring (bicyclic) bond motifs is 1. The molecule has 0 radical (unpaired) electrons. The first-order valence-electron chi connectivity index (χ1n) is 13.8. The summed E-state index contributed by atoms with van der Waals surface area (Å²) in [6.45, 7) is 0.456. The number of nitrogens with two attached hydrogens (primary N) is 1. The van der Waals surface area contributed by atoms with E-state index in [9.17, 15) is 14.4 Å². The largest absolute Gasteiger partial charge is 0.483 e. The molecule has 8 nitrogen and oxygen atoms in total. The second kappa shape index (κ2) is 12.6. The molecule has 2 aromatic carbocycles. The number of nitrogens with zero attached hydrogens (tertiary/aromatic N) is 2. The van der Waals surface area contributed by atoms with Gasteiger partial charge in [-0.2, -0.15) is 0 Å². The van der Waals surface area contributed by atoms with Crippen LogP contribution in [0.4, 0.5) is 0 Å². The second-order valence-corrected chi connectivity index (χ2v) is 10.2. The number of aromatic nitrogens is 1. The van der Waals surface area contributed by atoms with Crippen molar-refractivity contribution in [2.75, 3.05) is 13.2 Å². The Morgan fingerprint density at radius 1 is 1.02 bits per heavy atom. The SMILES string of the molecule is NC(=O)COc1ccccc1[C@H]1[C@H](C(=O)NCc2cccnc2)c2ccccc2C(=O)N1CCC1=CCCCC1. The van der Waals surface area contributed by atoms with E-state index in [1.165, 1.54) is 12.0 Å². The third kappa shape index (κ3) is 6.06. The number of benzene rings is 2. The molecule has 8 heteroatoms. The molecule has 40 heavy (non-hydrogen) atoms. The fraction of sp³-hybridized carbons (Fsp3) is 0.312. The molecule has 0 bridgehead atoms. The van der Waals surface area contributed by atoms with E-state index in [0.29, 0.717) is 35.5 Å². The summed E-state index contributed by atoms with van der Waals surface area (Å²) in [7, 11) is 0. The number of amides is 3. The highest BCUT2D eigenvalue weighted by molar-refractivity contribution is 6.01. The molecule has 1 aromatic heterocycles. The van der Waals surface area contributed by atoms with Crippen molar-refractivity contribution in [3.63, 3.8) is 0 Å². The van der Waals surface area contributed by atoms with Crippen LogP contribution in [-0.2, 0) is 16.1 Å². The van der Waals surface area contributed by atoms with Gasteiger partial charge in [0.15, 0.2) is 6.61 Å². The van der Waals surface area contributed by atoms with Crippen LogP contribution in [0.5, 0.6) is 5.75 Å². The van der Waals surface area contributed by atoms with Crippen molar-refractivity contribution in [2.24, 2.45) is 5.73 Å². The number of ether oxygens (including phenoxy) is 1. The molecule has 2 aliphatic rings. The molecule has 1 aliphatic carbocycles. The number of hydrogen-bond acceptors (Lipinski definition) is 5. The maximum atomic E-state index is 14.1. The van der Waals surface area contributed by atoms with Gasteiger partial charge < -0.3 is 20.7 Å². The second-order valence-electron chi connectivity index (χ2n) is 10.2. The third-order valence-corrected chi connectivity index (χ3v) is 7.58. The molecule has 2 atom stereocenters. The van der Waals surface area contributed by atoms with E-state index in [1.807, 2.05) is 42.5 Å². The maximum Gasteiger partial charge on any atom is 0.255 e. The van der Waals surface area contributed by atoms with E-state index in [2.05, 4.69) is 16.4 Å². The van der Waals surface area contributed by atoms with Crippen LogP contribution in [0.3, 0.4) is 0 Å². The number of nitrogens with one attached hydrogen (secondary N) is 1. The van der Waals surface area contributed by atoms with Gasteiger partial charge >= 0.3 is 0 Å². The number of rotatable bonds is 10. The lowest BCUT2D eigenvalue weighted by molar-refractivity contribution is -0.124. The first-order chi connectivity index (χ1) is 19.5. The number of para-hydroxylation sites is 1. The molecule has 2 heterocycles. The van der Waals surface area contributed by atoms with E-state index in [4.69, 9.17) is 10.5 Å². The predicted molar refractivity (Wildman–Crippen MR) is 151 cm³/mol. The molecule has 206 valence electrons. The van der Waals surface area contributed by atoms with Gasteiger partial charge in [-0.1, -0.05) is 54.1 Å². The number of carbonyl (C=O) groups excluding carboxylic acids is 3. The molecule has 0 fully saturated rings. The summed E-state index contributed by atoms with van der Waals surface area (Å²) in [5, 5.41) is 3.08. The van der Waals surface area contributed by atoms with Crippen molar-refractivity contribution in [1.82, 2.24) is 15.2 Å². The first-order valence-corrected chi connectivity index (χ1v) is 13.8. The Bertz CT molecular complexity index is 1400. The fourth-order valence-corrected chi connectivity index (χ4v) is 5.67. The summed E-state index contributed by atoms with van der Waals surface area (Å²) in [6.07, 6.45) is 10.8. The number of hydrogen-bond donors (Lipinski definition) is 2. The molecule has 1 aliphatic heterocycles. The summed E-state index contributed by atoms with van der Waals surface area (Å²) in [6, 6.07) is 17.6. The monoisotopic (exact) mass is 538 g/mol. The van der Waals surface area contributed by atoms with Crippen LogP contribution in [0.15, 0.2) is 84.7 Å². The third-order valence-electron chi connectivity index (χ3n) is 7.58. The topological polar surface area (TPSA) is 115 Å². The number of pyridine rings is 1. The molecule has 0 saturated heterocycles. The van der Waals surface area contributed by atoms with Crippen LogP contribution in [0.2, 0.25) is 0 Å². The molecule has 3 N–H and O–H groups in total. The summed E-state index contributed by atoms with van der Waals surface area (Å²) >= 11 is 0. The normalized spacial score (nSPS) is 18.4. The van der Waals surface area contributed by atoms with Crippen molar-refractivity contribution < 1.29 is 19.1 Å². The van der Waals surface area contributed by atoms with Gasteiger partial charge in [-0.3, -0.25) is 19.4 Å². The number of primary amides is 1. The van der Waals surface area contributed by atoms with Crippen molar-refractivity contribution >= 4 is 17.7 Å². The van der Waals surface area contributed by atoms with Crippen LogP contribution in [0.25, 0.3) is 0 Å². The minimum absolute atomic E-state index is 0.127. The zero-order valence-corrected chi connectivity index (χ0v) is 22.4. The van der Waals surface area contributed by atoms with E-state index in [-0.39, 0.29) is 18.4 Å². The smallest absolute Gasteiger partial charge is 0.255 e. The van der Waals surface area contributed by atoms with Gasteiger partial charge in [-0.15, -0.1) is 0 Å². The molecule has 5 rings (SSSR count). The first kappa shape index (κ1) is 27.1. The standard InChI is InChI=1S/C32H34N4O4/c33-28(37)21-40-27-15-7-6-14-26(27)30-29(31(38)35-20-23-11-8-17-34-19-23)24-12-4-5-13-25(24)32(39)36(30)18-16-22-9-2-1-3-10-22/h4-9,11-15,17,19,29-30H,1-3,10,16,18,20-21H2,(H2,33,37)(H,35,38)/t29-,30+/m1/s1. The molecule has 0 spiro atoms. The Kier molecular flexibility index (Phi) is 8.54. The Hall–Kier alpha value is -4.46. The zero-order chi connectivity index (χ0) is 27.9. The summed E-state index contributed by atoms with van der Waals surface area (Å²) in [5.41, 5.74) is 9.44. The van der Waals surface area contributed by atoms with Gasteiger partial charge in [0.2, 0.25) is 5.91 Å². The van der Waals surface area contributed by atoms with Gasteiger partial charge in [-0.25, -0.2) is 0 Å². The Balaban J connectivity index is 1.57. The van der Waals surface area contributed by atoms with Crippen molar-refractivity contribution in [3.05, 3.63) is 107 Å². The highest BCUT2D eigenvalue weighted by atomic mass is 16.5. The number of allylic oxidation sites excluding steroid dienone is 1. The zero-order valence-electron chi connectivity index (χ0n) is 22.4. The molecule has 0 saturated carbocycles. The maximum absolute atomic E-state index is 14.1. The van der Waals surface area contributed by atoms with Gasteiger partial charge in [-0.05, 0) is 61.4 Å². The van der Waals surface area contributed by atoms with E-state index in [0.717, 1.165) is 31.2 Å². The van der Waals surface area contributed by atoms with Gasteiger partial charge in [0.25, 0.3) is 11.8 Å². The molecular formula is C32H34N4O4.